The number of pyridine rings is 1. The van der Waals surface area contributed by atoms with E-state index in [-0.39, 0.29) is 45.4 Å². The number of fused-ring (bicyclic) bond motifs is 3. The van der Waals surface area contributed by atoms with Gasteiger partial charge in [-0.3, -0.25) is 14.6 Å². The molecule has 33 heavy (non-hydrogen) atoms. The van der Waals surface area contributed by atoms with Crippen LogP contribution in [0.3, 0.4) is 0 Å². The number of nitrogen functional groups attached to an aromatic ring is 1. The number of unbranched alkanes of at least 4 members (excludes halogenated alkanes) is 1. The van der Waals surface area contributed by atoms with Gasteiger partial charge in [-0.1, -0.05) is 0 Å². The van der Waals surface area contributed by atoms with Crippen molar-refractivity contribution in [3.63, 3.8) is 0 Å². The van der Waals surface area contributed by atoms with Crippen molar-refractivity contribution in [3.8, 4) is 0 Å². The minimum atomic E-state index is -0.822. The fourth-order valence-electron chi connectivity index (χ4n) is 3.58. The molecule has 0 saturated heterocycles. The van der Waals surface area contributed by atoms with Crippen molar-refractivity contribution in [2.24, 2.45) is 0 Å². The van der Waals surface area contributed by atoms with Gasteiger partial charge in [0.2, 0.25) is 5.95 Å². The summed E-state index contributed by atoms with van der Waals surface area (Å²) < 4.78 is 29.0. The molecule has 1 aromatic carbocycles. The van der Waals surface area contributed by atoms with Crippen LogP contribution in [0.2, 0.25) is 0 Å². The Hall–Kier alpha value is -4.02. The summed E-state index contributed by atoms with van der Waals surface area (Å²) in [7, 11) is 1.64. The number of nitrogens with two attached hydrogens (primary N) is 1. The van der Waals surface area contributed by atoms with Crippen LogP contribution in [0.5, 0.6) is 0 Å². The first-order valence-electron chi connectivity index (χ1n) is 10.3. The van der Waals surface area contributed by atoms with E-state index in [1.165, 1.54) is 22.5 Å². The molecular weight excluding hydrogens is 432 g/mol. The van der Waals surface area contributed by atoms with Crippen LogP contribution in [0.25, 0.3) is 16.6 Å². The number of hydrogen-bond donors (Lipinski definition) is 1. The van der Waals surface area contributed by atoms with Crippen LogP contribution in [0.15, 0.2) is 30.5 Å². The van der Waals surface area contributed by atoms with Gasteiger partial charge in [-0.25, -0.2) is 18.7 Å². The zero-order chi connectivity index (χ0) is 23.7. The number of ketones is 1. The van der Waals surface area contributed by atoms with Crippen molar-refractivity contribution in [3.05, 3.63) is 59.2 Å². The summed E-state index contributed by atoms with van der Waals surface area (Å²) in [5.41, 5.74) is 6.45. The Morgan fingerprint density at radius 1 is 1.18 bits per heavy atom. The van der Waals surface area contributed by atoms with Crippen LogP contribution in [0.1, 0.15) is 46.4 Å². The van der Waals surface area contributed by atoms with Crippen molar-refractivity contribution >= 4 is 34.2 Å². The number of anilines is 1. The maximum atomic E-state index is 14.1. The first-order valence-corrected chi connectivity index (χ1v) is 10.3. The highest BCUT2D eigenvalue weighted by Gasteiger charge is 2.19. The Morgan fingerprint density at radius 3 is 2.73 bits per heavy atom. The van der Waals surface area contributed by atoms with Gasteiger partial charge in [-0.05, 0) is 38.0 Å². The summed E-state index contributed by atoms with van der Waals surface area (Å²) in [5, 5.41) is 4.48. The molecule has 11 heteroatoms. The van der Waals surface area contributed by atoms with Gasteiger partial charge >= 0.3 is 0 Å². The second kappa shape index (κ2) is 8.85. The van der Waals surface area contributed by atoms with Crippen molar-refractivity contribution in [2.75, 3.05) is 19.3 Å². The van der Waals surface area contributed by atoms with Gasteiger partial charge in [0.05, 0.1) is 5.39 Å². The maximum absolute atomic E-state index is 14.1. The summed E-state index contributed by atoms with van der Waals surface area (Å²) in [4.78, 5) is 38.3. The van der Waals surface area contributed by atoms with Gasteiger partial charge in [-0.2, -0.15) is 4.52 Å². The van der Waals surface area contributed by atoms with Gasteiger partial charge in [0.25, 0.3) is 5.91 Å². The molecule has 0 fully saturated rings. The molecule has 0 aliphatic carbocycles. The minimum Gasteiger partial charge on any atom is -0.368 e. The number of Topliss-reactive ketones (excluding diaryl/α,β-unsaturated/α-hetero) is 1. The number of aryl methyl sites for hydroxylation is 1. The molecule has 0 saturated carbocycles. The first-order chi connectivity index (χ1) is 15.8. The molecule has 170 valence electrons. The van der Waals surface area contributed by atoms with Gasteiger partial charge in [0.15, 0.2) is 23.1 Å². The predicted molar refractivity (Wildman–Crippen MR) is 117 cm³/mol. The van der Waals surface area contributed by atoms with Gasteiger partial charge in [0.1, 0.15) is 17.0 Å². The molecular formula is C22H21F2N7O2. The van der Waals surface area contributed by atoms with E-state index in [0.717, 1.165) is 12.1 Å². The van der Waals surface area contributed by atoms with Crippen molar-refractivity contribution in [2.45, 2.75) is 26.2 Å². The molecule has 0 atom stereocenters. The summed E-state index contributed by atoms with van der Waals surface area (Å²) in [6, 6.07) is 5.08. The van der Waals surface area contributed by atoms with Crippen LogP contribution < -0.4 is 5.73 Å². The zero-order valence-electron chi connectivity index (χ0n) is 18.0. The molecule has 0 spiro atoms. The van der Waals surface area contributed by atoms with E-state index in [1.54, 1.807) is 19.2 Å². The molecule has 9 nitrogen and oxygen atoms in total. The smallest absolute Gasteiger partial charge is 0.272 e. The van der Waals surface area contributed by atoms with E-state index in [4.69, 9.17) is 5.73 Å². The second-order valence-corrected chi connectivity index (χ2v) is 7.66. The lowest BCUT2D eigenvalue weighted by Gasteiger charge is -2.17. The molecule has 3 heterocycles. The first kappa shape index (κ1) is 22.2. The van der Waals surface area contributed by atoms with E-state index in [9.17, 15) is 18.4 Å². The van der Waals surface area contributed by atoms with Gasteiger partial charge < -0.3 is 10.6 Å². The standard InChI is InChI=1S/C22H21F2N7O2/c1-12(32)14-6-5-8-26-19(14)21(33)30(2)9-4-3-7-17-27-20-15-10-13(23)11-16(24)18(15)28-22(25)31(20)29-17/h5-6,8,10-11H,3-4,7,9H2,1-2H3,(H2,25,28). The topological polar surface area (TPSA) is 119 Å². The number of carbonyl (C=O) groups excluding carboxylic acids is 2. The molecule has 3 aromatic heterocycles. The Morgan fingerprint density at radius 2 is 1.97 bits per heavy atom. The van der Waals surface area contributed by atoms with Gasteiger partial charge in [0, 0.05) is 37.8 Å². The third kappa shape index (κ3) is 4.34. The minimum absolute atomic E-state index is 0.0521. The quantitative estimate of drug-likeness (QED) is 0.337. The number of halogens is 2. The van der Waals surface area contributed by atoms with E-state index < -0.39 is 11.6 Å². The second-order valence-electron chi connectivity index (χ2n) is 7.66. The summed E-state index contributed by atoms with van der Waals surface area (Å²) >= 11 is 0. The number of hydrogen-bond acceptors (Lipinski definition) is 7. The third-order valence-electron chi connectivity index (χ3n) is 5.24. The third-order valence-corrected chi connectivity index (χ3v) is 5.24. The molecule has 0 aliphatic heterocycles. The van der Waals surface area contributed by atoms with E-state index in [0.29, 0.717) is 31.6 Å². The van der Waals surface area contributed by atoms with E-state index in [2.05, 4.69) is 20.1 Å². The molecule has 0 radical (unpaired) electrons. The maximum Gasteiger partial charge on any atom is 0.272 e. The number of benzene rings is 1. The Kier molecular flexibility index (Phi) is 5.95. The average molecular weight is 453 g/mol. The lowest BCUT2D eigenvalue weighted by atomic mass is 10.1. The van der Waals surface area contributed by atoms with Crippen LogP contribution in [0.4, 0.5) is 14.7 Å². The summed E-state index contributed by atoms with van der Waals surface area (Å²) in [6.45, 7) is 1.83. The number of nitrogens with zero attached hydrogens (tertiary/aromatic N) is 6. The lowest BCUT2D eigenvalue weighted by molar-refractivity contribution is 0.0781. The number of rotatable bonds is 7. The van der Waals surface area contributed by atoms with Crippen LogP contribution >= 0.6 is 0 Å². The molecule has 4 rings (SSSR count). The molecule has 1 amide bonds. The van der Waals surface area contributed by atoms with Crippen LogP contribution in [0, 0.1) is 11.6 Å². The fraction of sp³-hybridized carbons (Fsp3) is 0.273. The summed E-state index contributed by atoms with van der Waals surface area (Å²) in [6.07, 6.45) is 3.22. The molecule has 4 aromatic rings. The lowest BCUT2D eigenvalue weighted by Crippen LogP contribution is -2.30. The van der Waals surface area contributed by atoms with Crippen molar-refractivity contribution < 1.29 is 18.4 Å². The zero-order valence-corrected chi connectivity index (χ0v) is 18.0. The Bertz CT molecular complexity index is 1390. The van der Waals surface area contributed by atoms with Gasteiger partial charge in [-0.15, -0.1) is 5.10 Å². The fourth-order valence-corrected chi connectivity index (χ4v) is 3.58. The monoisotopic (exact) mass is 453 g/mol. The number of carbonyl (C=O) groups is 2. The van der Waals surface area contributed by atoms with Crippen LogP contribution in [-0.4, -0.2) is 54.7 Å². The molecule has 2 N–H and O–H groups in total. The summed E-state index contributed by atoms with van der Waals surface area (Å²) in [5.74, 6) is -1.73. The Balaban J connectivity index is 1.43. The normalized spacial score (nSPS) is 11.3. The average Bonchev–Trinajstić information content (AvgIpc) is 3.22. The number of amides is 1. The number of aromatic nitrogens is 5. The highest BCUT2D eigenvalue weighted by molar-refractivity contribution is 6.05. The largest absolute Gasteiger partial charge is 0.368 e. The molecule has 0 unspecified atom stereocenters. The SMILES string of the molecule is CC(=O)c1cccnc1C(=O)N(C)CCCCc1nc2c3cc(F)cc(F)c3nc(N)n2n1. The van der Waals surface area contributed by atoms with Crippen molar-refractivity contribution in [1.82, 2.24) is 29.5 Å². The molecule has 0 aliphatic rings. The highest BCUT2D eigenvalue weighted by atomic mass is 19.1. The van der Waals surface area contributed by atoms with E-state index in [1.807, 2.05) is 0 Å². The predicted octanol–water partition coefficient (Wildman–Crippen LogP) is 2.83. The molecule has 0 bridgehead atoms. The van der Waals surface area contributed by atoms with E-state index >= 15 is 0 Å². The Labute approximate surface area is 187 Å². The highest BCUT2D eigenvalue weighted by Crippen LogP contribution is 2.23. The van der Waals surface area contributed by atoms with Crippen molar-refractivity contribution in [1.29, 1.82) is 0 Å². The van der Waals surface area contributed by atoms with Crippen LogP contribution in [-0.2, 0) is 6.42 Å².